The standard InChI is InChI=1S/C21H22N4O3S/c1-2-3-13-25(29(27,28)17-7-5-4-6-8-17)20-10-9-16(22)14-18(20)21(26)19-11-12-23-15-24-19/h4-12,14-15H,2-3,13,22H2,1H3. The molecule has 7 nitrogen and oxygen atoms in total. The molecule has 0 aliphatic heterocycles. The van der Waals surface area contributed by atoms with Crippen LogP contribution in [0, 0.1) is 0 Å². The highest BCUT2D eigenvalue weighted by atomic mass is 32.2. The zero-order valence-corrected chi connectivity index (χ0v) is 16.8. The number of rotatable bonds is 8. The number of nitrogen functional groups attached to an aromatic ring is 1. The van der Waals surface area contributed by atoms with Crippen LogP contribution in [0.2, 0.25) is 0 Å². The fraction of sp³-hybridized carbons (Fsp3) is 0.190. The molecule has 8 heteroatoms. The third-order valence-electron chi connectivity index (χ3n) is 4.39. The van der Waals surface area contributed by atoms with Crippen LogP contribution in [0.4, 0.5) is 11.4 Å². The number of unbranched alkanes of at least 4 members (excludes halogenated alkanes) is 1. The van der Waals surface area contributed by atoms with Gasteiger partial charge in [0.05, 0.1) is 16.1 Å². The average molecular weight is 410 g/mol. The van der Waals surface area contributed by atoms with Crippen LogP contribution in [0.5, 0.6) is 0 Å². The van der Waals surface area contributed by atoms with Gasteiger partial charge >= 0.3 is 0 Å². The Hall–Kier alpha value is -3.26. The Morgan fingerprint density at radius 2 is 1.86 bits per heavy atom. The van der Waals surface area contributed by atoms with E-state index in [1.165, 1.54) is 41.1 Å². The normalized spacial score (nSPS) is 11.2. The molecule has 0 aliphatic rings. The highest BCUT2D eigenvalue weighted by Gasteiger charge is 2.28. The van der Waals surface area contributed by atoms with Crippen molar-refractivity contribution >= 4 is 27.2 Å². The van der Waals surface area contributed by atoms with Crippen LogP contribution in [-0.4, -0.2) is 30.7 Å². The van der Waals surface area contributed by atoms with Gasteiger partial charge in [0.1, 0.15) is 12.0 Å². The van der Waals surface area contributed by atoms with Crippen LogP contribution >= 0.6 is 0 Å². The third kappa shape index (κ3) is 4.43. The van der Waals surface area contributed by atoms with E-state index in [9.17, 15) is 13.2 Å². The molecule has 0 atom stereocenters. The van der Waals surface area contributed by atoms with Crippen molar-refractivity contribution in [3.8, 4) is 0 Å². The van der Waals surface area contributed by atoms with Crippen molar-refractivity contribution in [2.45, 2.75) is 24.7 Å². The lowest BCUT2D eigenvalue weighted by Gasteiger charge is -2.26. The summed E-state index contributed by atoms with van der Waals surface area (Å²) in [5.41, 5.74) is 6.89. The minimum Gasteiger partial charge on any atom is -0.399 e. The lowest BCUT2D eigenvalue weighted by atomic mass is 10.0. The fourth-order valence-corrected chi connectivity index (χ4v) is 4.45. The Balaban J connectivity index is 2.15. The van der Waals surface area contributed by atoms with Gasteiger partial charge < -0.3 is 5.73 Å². The predicted octanol–water partition coefficient (Wildman–Crippen LogP) is 3.29. The van der Waals surface area contributed by atoms with Gasteiger partial charge in [0.2, 0.25) is 5.78 Å². The van der Waals surface area contributed by atoms with Crippen molar-refractivity contribution in [3.63, 3.8) is 0 Å². The number of sulfonamides is 1. The molecular formula is C21H22N4O3S. The van der Waals surface area contributed by atoms with E-state index in [0.29, 0.717) is 12.1 Å². The summed E-state index contributed by atoms with van der Waals surface area (Å²) >= 11 is 0. The topological polar surface area (TPSA) is 106 Å². The van der Waals surface area contributed by atoms with Gasteiger partial charge in [-0.1, -0.05) is 31.5 Å². The Kier molecular flexibility index (Phi) is 6.23. The first-order valence-electron chi connectivity index (χ1n) is 9.23. The van der Waals surface area contributed by atoms with Crippen molar-refractivity contribution in [1.82, 2.24) is 9.97 Å². The molecule has 29 heavy (non-hydrogen) atoms. The molecule has 3 rings (SSSR count). The third-order valence-corrected chi connectivity index (χ3v) is 6.22. The molecule has 0 fully saturated rings. The van der Waals surface area contributed by atoms with E-state index >= 15 is 0 Å². The molecule has 0 unspecified atom stereocenters. The SMILES string of the molecule is CCCCN(c1ccc(N)cc1C(=O)c1ccncn1)S(=O)(=O)c1ccccc1. The van der Waals surface area contributed by atoms with E-state index in [1.54, 1.807) is 30.3 Å². The Labute approximate surface area is 170 Å². The van der Waals surface area contributed by atoms with E-state index in [-0.39, 0.29) is 28.4 Å². The molecule has 0 radical (unpaired) electrons. The maximum absolute atomic E-state index is 13.4. The molecule has 0 aliphatic carbocycles. The maximum Gasteiger partial charge on any atom is 0.264 e. The van der Waals surface area contributed by atoms with E-state index in [1.807, 2.05) is 6.92 Å². The van der Waals surface area contributed by atoms with Crippen LogP contribution in [0.1, 0.15) is 35.8 Å². The van der Waals surface area contributed by atoms with Crippen molar-refractivity contribution in [3.05, 3.63) is 78.4 Å². The maximum atomic E-state index is 13.4. The number of benzene rings is 2. The van der Waals surface area contributed by atoms with Crippen LogP contribution in [-0.2, 0) is 10.0 Å². The smallest absolute Gasteiger partial charge is 0.264 e. The highest BCUT2D eigenvalue weighted by Crippen LogP contribution is 2.30. The minimum absolute atomic E-state index is 0.161. The summed E-state index contributed by atoms with van der Waals surface area (Å²) in [6.07, 6.45) is 4.17. The second-order valence-corrected chi connectivity index (χ2v) is 8.31. The molecule has 2 aromatic carbocycles. The van der Waals surface area contributed by atoms with Crippen LogP contribution in [0.3, 0.4) is 0 Å². The molecule has 3 aromatic rings. The average Bonchev–Trinajstić information content (AvgIpc) is 2.75. The number of hydrogen-bond donors (Lipinski definition) is 1. The van der Waals surface area contributed by atoms with Gasteiger partial charge in [-0.3, -0.25) is 9.10 Å². The zero-order chi connectivity index (χ0) is 20.9. The Bertz CT molecular complexity index is 1090. The largest absolute Gasteiger partial charge is 0.399 e. The van der Waals surface area contributed by atoms with Crippen LogP contribution in [0.15, 0.2) is 72.0 Å². The molecule has 0 saturated heterocycles. The molecule has 1 heterocycles. The molecular weight excluding hydrogens is 388 g/mol. The van der Waals surface area contributed by atoms with E-state index in [4.69, 9.17) is 5.73 Å². The zero-order valence-electron chi connectivity index (χ0n) is 16.0. The minimum atomic E-state index is -3.87. The molecule has 0 amide bonds. The molecule has 0 saturated carbocycles. The summed E-state index contributed by atoms with van der Waals surface area (Å²) in [6, 6.07) is 14.3. The van der Waals surface area contributed by atoms with Crippen molar-refractivity contribution in [2.24, 2.45) is 0 Å². The predicted molar refractivity (Wildman–Crippen MR) is 112 cm³/mol. The Morgan fingerprint density at radius 1 is 1.10 bits per heavy atom. The fourth-order valence-electron chi connectivity index (χ4n) is 2.91. The summed E-state index contributed by atoms with van der Waals surface area (Å²) in [5.74, 6) is -0.417. The number of ketones is 1. The first kappa shape index (κ1) is 20.5. The van der Waals surface area contributed by atoms with Gasteiger partial charge in [-0.2, -0.15) is 0 Å². The number of nitrogens with two attached hydrogens (primary N) is 1. The summed E-state index contributed by atoms with van der Waals surface area (Å²) in [6.45, 7) is 2.21. The van der Waals surface area contributed by atoms with E-state index in [0.717, 1.165) is 6.42 Å². The van der Waals surface area contributed by atoms with Crippen molar-refractivity contribution in [2.75, 3.05) is 16.6 Å². The number of carbonyl (C=O) groups excluding carboxylic acids is 1. The molecule has 2 N–H and O–H groups in total. The summed E-state index contributed by atoms with van der Waals surface area (Å²) in [4.78, 5) is 21.1. The van der Waals surface area contributed by atoms with Gasteiger partial charge in [-0.25, -0.2) is 18.4 Å². The van der Waals surface area contributed by atoms with Gasteiger partial charge in [0.15, 0.2) is 0 Å². The molecule has 150 valence electrons. The summed E-state index contributed by atoms with van der Waals surface area (Å²) in [5, 5.41) is 0. The molecule has 1 aromatic heterocycles. The number of anilines is 2. The second kappa shape index (κ2) is 8.83. The van der Waals surface area contributed by atoms with Crippen molar-refractivity contribution in [1.29, 1.82) is 0 Å². The monoisotopic (exact) mass is 410 g/mol. The van der Waals surface area contributed by atoms with Crippen LogP contribution in [0.25, 0.3) is 0 Å². The molecule has 0 spiro atoms. The summed E-state index contributed by atoms with van der Waals surface area (Å²) < 4.78 is 28.1. The number of hydrogen-bond acceptors (Lipinski definition) is 6. The highest BCUT2D eigenvalue weighted by molar-refractivity contribution is 7.92. The van der Waals surface area contributed by atoms with E-state index < -0.39 is 15.8 Å². The summed E-state index contributed by atoms with van der Waals surface area (Å²) in [7, 11) is -3.87. The van der Waals surface area contributed by atoms with Gasteiger partial charge in [0.25, 0.3) is 10.0 Å². The number of nitrogens with zero attached hydrogens (tertiary/aromatic N) is 3. The van der Waals surface area contributed by atoms with E-state index in [2.05, 4.69) is 9.97 Å². The van der Waals surface area contributed by atoms with Gasteiger partial charge in [-0.05, 0) is 42.8 Å². The number of aromatic nitrogens is 2. The lowest BCUT2D eigenvalue weighted by molar-refractivity contribution is 0.103. The number of carbonyl (C=O) groups is 1. The van der Waals surface area contributed by atoms with Gasteiger partial charge in [0, 0.05) is 18.4 Å². The lowest BCUT2D eigenvalue weighted by Crippen LogP contribution is -2.33. The Morgan fingerprint density at radius 3 is 2.52 bits per heavy atom. The second-order valence-electron chi connectivity index (χ2n) is 6.44. The quantitative estimate of drug-likeness (QED) is 0.451. The van der Waals surface area contributed by atoms with Crippen molar-refractivity contribution < 1.29 is 13.2 Å². The first-order chi connectivity index (χ1) is 13.9. The first-order valence-corrected chi connectivity index (χ1v) is 10.7. The molecule has 0 bridgehead atoms. The van der Waals surface area contributed by atoms with Gasteiger partial charge in [-0.15, -0.1) is 0 Å². The van der Waals surface area contributed by atoms with Crippen LogP contribution < -0.4 is 10.0 Å².